The van der Waals surface area contributed by atoms with E-state index in [1.807, 2.05) is 7.05 Å². The molecule has 0 bridgehead atoms. The van der Waals surface area contributed by atoms with Gasteiger partial charge < -0.3 is 20.1 Å². The van der Waals surface area contributed by atoms with Crippen LogP contribution in [0.5, 0.6) is 0 Å². The summed E-state index contributed by atoms with van der Waals surface area (Å²) < 4.78 is 11.3. The maximum Gasteiger partial charge on any atom is 0.191 e. The van der Waals surface area contributed by atoms with Crippen molar-refractivity contribution in [3.8, 4) is 0 Å². The van der Waals surface area contributed by atoms with Crippen LogP contribution in [0.3, 0.4) is 0 Å². The molecule has 1 aliphatic heterocycles. The summed E-state index contributed by atoms with van der Waals surface area (Å²) in [5.41, 5.74) is 0.322. The zero-order chi connectivity index (χ0) is 17.5. The number of ether oxygens (including phenoxy) is 2. The van der Waals surface area contributed by atoms with E-state index in [0.717, 1.165) is 51.0 Å². The Hall–Kier alpha value is -0.810. The van der Waals surface area contributed by atoms with Crippen molar-refractivity contribution in [2.75, 3.05) is 40.5 Å². The standard InChI is InChI=1S/C19H37N3O2/c1-16(2)13-18(7-5-6-8-18)14-21-17(20-3)22-15-19(23-4)9-11-24-12-10-19/h16H,5-15H2,1-4H3,(H2,20,21,22). The second-order valence-electron chi connectivity index (χ2n) is 8.08. The minimum atomic E-state index is -0.126. The third-order valence-electron chi connectivity index (χ3n) is 5.77. The van der Waals surface area contributed by atoms with Crippen molar-refractivity contribution in [2.45, 2.75) is 64.4 Å². The summed E-state index contributed by atoms with van der Waals surface area (Å²) in [5, 5.41) is 7.07. The Bertz CT molecular complexity index is 397. The fourth-order valence-electron chi connectivity index (χ4n) is 4.38. The highest BCUT2D eigenvalue weighted by Crippen LogP contribution is 2.42. The quantitative estimate of drug-likeness (QED) is 0.553. The summed E-state index contributed by atoms with van der Waals surface area (Å²) in [4.78, 5) is 4.42. The molecule has 1 aliphatic carbocycles. The first-order valence-electron chi connectivity index (χ1n) is 9.61. The smallest absolute Gasteiger partial charge is 0.191 e. The van der Waals surface area contributed by atoms with E-state index in [9.17, 15) is 0 Å². The predicted molar refractivity (Wildman–Crippen MR) is 99.5 cm³/mol. The fraction of sp³-hybridized carbons (Fsp3) is 0.947. The van der Waals surface area contributed by atoms with Crippen LogP contribution in [0.1, 0.15) is 58.8 Å². The highest BCUT2D eigenvalue weighted by molar-refractivity contribution is 5.79. The van der Waals surface area contributed by atoms with Gasteiger partial charge in [0, 0.05) is 53.3 Å². The SMILES string of the molecule is CN=C(NCC1(CC(C)C)CCCC1)NCC1(OC)CCOCC1. The largest absolute Gasteiger partial charge is 0.381 e. The molecule has 0 radical (unpaired) electrons. The summed E-state index contributed by atoms with van der Waals surface area (Å²) in [7, 11) is 3.65. The number of rotatable bonds is 7. The third kappa shape index (κ3) is 5.35. The van der Waals surface area contributed by atoms with Gasteiger partial charge in [-0.15, -0.1) is 0 Å². The molecule has 0 unspecified atom stereocenters. The van der Waals surface area contributed by atoms with Crippen LogP contribution in [0, 0.1) is 11.3 Å². The first-order valence-corrected chi connectivity index (χ1v) is 9.61. The van der Waals surface area contributed by atoms with Gasteiger partial charge in [0.05, 0.1) is 5.60 Å². The lowest BCUT2D eigenvalue weighted by Gasteiger charge is -2.37. The number of guanidine groups is 1. The van der Waals surface area contributed by atoms with Gasteiger partial charge in [-0.25, -0.2) is 0 Å². The lowest BCUT2D eigenvalue weighted by Crippen LogP contribution is -2.52. The second-order valence-corrected chi connectivity index (χ2v) is 8.08. The average Bonchev–Trinajstić information content (AvgIpc) is 3.03. The fourth-order valence-corrected chi connectivity index (χ4v) is 4.38. The van der Waals surface area contributed by atoms with Crippen molar-refractivity contribution >= 4 is 5.96 Å². The molecule has 1 saturated heterocycles. The molecule has 0 aromatic heterocycles. The van der Waals surface area contributed by atoms with Crippen molar-refractivity contribution < 1.29 is 9.47 Å². The molecule has 2 N–H and O–H groups in total. The molecule has 0 atom stereocenters. The van der Waals surface area contributed by atoms with Crippen molar-refractivity contribution in [1.82, 2.24) is 10.6 Å². The molecule has 1 saturated carbocycles. The van der Waals surface area contributed by atoms with Gasteiger partial charge in [0.1, 0.15) is 0 Å². The Morgan fingerprint density at radius 3 is 2.25 bits per heavy atom. The maximum absolute atomic E-state index is 5.80. The van der Waals surface area contributed by atoms with Crippen molar-refractivity contribution in [1.29, 1.82) is 0 Å². The predicted octanol–water partition coefficient (Wildman–Crippen LogP) is 2.95. The molecule has 1 heterocycles. The van der Waals surface area contributed by atoms with E-state index in [1.165, 1.54) is 32.1 Å². The van der Waals surface area contributed by atoms with E-state index in [4.69, 9.17) is 9.47 Å². The molecule has 5 heteroatoms. The van der Waals surface area contributed by atoms with Gasteiger partial charge in [-0.3, -0.25) is 4.99 Å². The van der Waals surface area contributed by atoms with E-state index in [0.29, 0.717) is 5.41 Å². The number of aliphatic imine (C=N–C) groups is 1. The van der Waals surface area contributed by atoms with E-state index >= 15 is 0 Å². The summed E-state index contributed by atoms with van der Waals surface area (Å²) in [6.45, 7) is 8.02. The van der Waals surface area contributed by atoms with Crippen LogP contribution < -0.4 is 10.6 Å². The molecular formula is C19H37N3O2. The van der Waals surface area contributed by atoms with Crippen molar-refractivity contribution in [3.05, 3.63) is 0 Å². The zero-order valence-electron chi connectivity index (χ0n) is 16.1. The van der Waals surface area contributed by atoms with E-state index in [1.54, 1.807) is 7.11 Å². The van der Waals surface area contributed by atoms with Crippen molar-refractivity contribution in [3.63, 3.8) is 0 Å². The normalized spacial score (nSPS) is 23.5. The first kappa shape index (κ1) is 19.5. The number of nitrogens with one attached hydrogen (secondary N) is 2. The highest BCUT2D eigenvalue weighted by Gasteiger charge is 2.35. The van der Waals surface area contributed by atoms with Gasteiger partial charge in [-0.2, -0.15) is 0 Å². The van der Waals surface area contributed by atoms with E-state index in [-0.39, 0.29) is 5.60 Å². The molecule has 0 aromatic rings. The van der Waals surface area contributed by atoms with Gasteiger partial charge >= 0.3 is 0 Å². The summed E-state index contributed by atoms with van der Waals surface area (Å²) in [6, 6.07) is 0. The lowest BCUT2D eigenvalue weighted by atomic mass is 9.78. The lowest BCUT2D eigenvalue weighted by molar-refractivity contribution is -0.0855. The number of hydrogen-bond donors (Lipinski definition) is 2. The highest BCUT2D eigenvalue weighted by atomic mass is 16.5. The Kier molecular flexibility index (Phi) is 7.35. The Labute approximate surface area is 148 Å². The van der Waals surface area contributed by atoms with Crippen LogP contribution in [0.25, 0.3) is 0 Å². The molecule has 2 aliphatic rings. The first-order chi connectivity index (χ1) is 11.5. The number of hydrogen-bond acceptors (Lipinski definition) is 3. The molecule has 5 nitrogen and oxygen atoms in total. The summed E-state index contributed by atoms with van der Waals surface area (Å²) in [5.74, 6) is 1.65. The van der Waals surface area contributed by atoms with Crippen molar-refractivity contribution in [2.24, 2.45) is 16.3 Å². The average molecular weight is 340 g/mol. The minimum absolute atomic E-state index is 0.126. The molecule has 2 rings (SSSR count). The Balaban J connectivity index is 1.85. The Morgan fingerprint density at radius 1 is 1.08 bits per heavy atom. The summed E-state index contributed by atoms with van der Waals surface area (Å²) >= 11 is 0. The molecule has 0 spiro atoms. The van der Waals surface area contributed by atoms with Crippen LogP contribution in [0.2, 0.25) is 0 Å². The molecule has 0 aromatic carbocycles. The molecule has 2 fully saturated rings. The van der Waals surface area contributed by atoms with Crippen LogP contribution in [-0.2, 0) is 9.47 Å². The Morgan fingerprint density at radius 2 is 1.71 bits per heavy atom. The number of methoxy groups -OCH3 is 1. The molecule has 140 valence electrons. The van der Waals surface area contributed by atoms with Crippen LogP contribution >= 0.6 is 0 Å². The minimum Gasteiger partial charge on any atom is -0.381 e. The van der Waals surface area contributed by atoms with E-state index < -0.39 is 0 Å². The maximum atomic E-state index is 5.80. The zero-order valence-corrected chi connectivity index (χ0v) is 16.1. The van der Waals surface area contributed by atoms with Crippen LogP contribution in [0.15, 0.2) is 4.99 Å². The molecule has 0 amide bonds. The topological polar surface area (TPSA) is 54.9 Å². The van der Waals surface area contributed by atoms with Gasteiger partial charge in [0.15, 0.2) is 5.96 Å². The number of nitrogens with zero attached hydrogens (tertiary/aromatic N) is 1. The third-order valence-corrected chi connectivity index (χ3v) is 5.77. The second kappa shape index (κ2) is 9.04. The molecular weight excluding hydrogens is 302 g/mol. The summed E-state index contributed by atoms with van der Waals surface area (Å²) in [6.07, 6.45) is 8.59. The van der Waals surface area contributed by atoms with Crippen LogP contribution in [-0.4, -0.2) is 52.0 Å². The van der Waals surface area contributed by atoms with Gasteiger partial charge in [-0.05, 0) is 30.6 Å². The van der Waals surface area contributed by atoms with Crippen LogP contribution in [0.4, 0.5) is 0 Å². The monoisotopic (exact) mass is 339 g/mol. The van der Waals surface area contributed by atoms with E-state index in [2.05, 4.69) is 29.5 Å². The van der Waals surface area contributed by atoms with Gasteiger partial charge in [-0.1, -0.05) is 26.7 Å². The molecule has 24 heavy (non-hydrogen) atoms. The van der Waals surface area contributed by atoms with Gasteiger partial charge in [0.2, 0.25) is 0 Å². The van der Waals surface area contributed by atoms with Gasteiger partial charge in [0.25, 0.3) is 0 Å².